The summed E-state index contributed by atoms with van der Waals surface area (Å²) < 4.78 is 27.1. The fourth-order valence-corrected chi connectivity index (χ4v) is 2.02. The SMILES string of the molecule is CC(C#N)(Cc1ccncc1)c1cc(F)ccc1F. The van der Waals surface area contributed by atoms with Crippen molar-refractivity contribution in [3.8, 4) is 6.07 Å². The zero-order valence-corrected chi connectivity index (χ0v) is 10.4. The van der Waals surface area contributed by atoms with Crippen molar-refractivity contribution in [3.05, 3.63) is 65.5 Å². The van der Waals surface area contributed by atoms with Crippen LogP contribution in [0.25, 0.3) is 0 Å². The second kappa shape index (κ2) is 5.15. The van der Waals surface area contributed by atoms with Gasteiger partial charge in [-0.25, -0.2) is 8.78 Å². The smallest absolute Gasteiger partial charge is 0.128 e. The summed E-state index contributed by atoms with van der Waals surface area (Å²) in [6.07, 6.45) is 3.51. The van der Waals surface area contributed by atoms with E-state index in [9.17, 15) is 14.0 Å². The molecule has 0 radical (unpaired) electrons. The number of nitriles is 1. The van der Waals surface area contributed by atoms with Crippen LogP contribution in [0.5, 0.6) is 0 Å². The zero-order chi connectivity index (χ0) is 13.9. The minimum absolute atomic E-state index is 0.0758. The number of aromatic nitrogens is 1. The molecular formula is C15H12F2N2. The Labute approximate surface area is 110 Å². The highest BCUT2D eigenvalue weighted by Gasteiger charge is 2.30. The Hall–Kier alpha value is -2.28. The summed E-state index contributed by atoms with van der Waals surface area (Å²) in [6.45, 7) is 1.60. The fourth-order valence-electron chi connectivity index (χ4n) is 2.02. The Kier molecular flexibility index (Phi) is 3.57. The molecule has 2 nitrogen and oxygen atoms in total. The van der Waals surface area contributed by atoms with Crippen molar-refractivity contribution in [1.82, 2.24) is 4.98 Å². The van der Waals surface area contributed by atoms with Gasteiger partial charge < -0.3 is 0 Å². The van der Waals surface area contributed by atoms with Gasteiger partial charge in [-0.15, -0.1) is 0 Å². The highest BCUT2D eigenvalue weighted by molar-refractivity contribution is 5.35. The number of halogens is 2. The number of pyridine rings is 1. The van der Waals surface area contributed by atoms with Gasteiger partial charge in [0.05, 0.1) is 11.5 Å². The molecule has 2 aromatic rings. The third kappa shape index (κ3) is 2.76. The van der Waals surface area contributed by atoms with Crippen molar-refractivity contribution in [3.63, 3.8) is 0 Å². The van der Waals surface area contributed by atoms with Gasteiger partial charge in [0.25, 0.3) is 0 Å². The summed E-state index contributed by atoms with van der Waals surface area (Å²) in [4.78, 5) is 3.89. The van der Waals surface area contributed by atoms with Gasteiger partial charge in [-0.2, -0.15) is 5.26 Å². The van der Waals surface area contributed by atoms with Crippen molar-refractivity contribution in [2.24, 2.45) is 0 Å². The van der Waals surface area contributed by atoms with Crippen molar-refractivity contribution >= 4 is 0 Å². The van der Waals surface area contributed by atoms with E-state index in [0.29, 0.717) is 6.42 Å². The van der Waals surface area contributed by atoms with Gasteiger partial charge in [0.2, 0.25) is 0 Å². The summed E-state index contributed by atoms with van der Waals surface area (Å²) in [5.41, 5.74) is -0.192. The van der Waals surface area contributed by atoms with E-state index >= 15 is 0 Å². The molecule has 0 spiro atoms. The maximum Gasteiger partial charge on any atom is 0.128 e. The van der Waals surface area contributed by atoms with E-state index in [0.717, 1.165) is 23.8 Å². The number of benzene rings is 1. The zero-order valence-electron chi connectivity index (χ0n) is 10.4. The molecule has 19 heavy (non-hydrogen) atoms. The van der Waals surface area contributed by atoms with Crippen LogP contribution in [0, 0.1) is 23.0 Å². The van der Waals surface area contributed by atoms with Gasteiger partial charge in [0, 0.05) is 18.0 Å². The van der Waals surface area contributed by atoms with Crippen LogP contribution < -0.4 is 0 Å². The Morgan fingerprint density at radius 1 is 1.21 bits per heavy atom. The van der Waals surface area contributed by atoms with Gasteiger partial charge in [0.1, 0.15) is 11.6 Å². The molecule has 96 valence electrons. The number of hydrogen-bond acceptors (Lipinski definition) is 2. The molecule has 1 aromatic heterocycles. The predicted molar refractivity (Wildman–Crippen MR) is 67.3 cm³/mol. The summed E-state index contributed by atoms with van der Waals surface area (Å²) in [5.74, 6) is -1.12. The molecule has 4 heteroatoms. The third-order valence-corrected chi connectivity index (χ3v) is 3.08. The highest BCUT2D eigenvalue weighted by atomic mass is 19.1. The monoisotopic (exact) mass is 258 g/mol. The minimum atomic E-state index is -1.12. The Balaban J connectivity index is 2.43. The molecule has 0 fully saturated rings. The van der Waals surface area contributed by atoms with Crippen LogP contribution in [0.1, 0.15) is 18.1 Å². The van der Waals surface area contributed by atoms with Gasteiger partial charge >= 0.3 is 0 Å². The number of rotatable bonds is 3. The van der Waals surface area contributed by atoms with E-state index < -0.39 is 17.0 Å². The first-order valence-electron chi connectivity index (χ1n) is 5.81. The van der Waals surface area contributed by atoms with E-state index in [-0.39, 0.29) is 5.56 Å². The van der Waals surface area contributed by atoms with Crippen molar-refractivity contribution in [2.45, 2.75) is 18.8 Å². The Bertz CT molecular complexity index is 620. The van der Waals surface area contributed by atoms with E-state index in [4.69, 9.17) is 0 Å². The van der Waals surface area contributed by atoms with Crippen LogP contribution in [-0.4, -0.2) is 4.98 Å². The van der Waals surface area contributed by atoms with Crippen LogP contribution in [0.4, 0.5) is 8.78 Å². The largest absolute Gasteiger partial charge is 0.265 e. The lowest BCUT2D eigenvalue weighted by Gasteiger charge is -2.22. The second-order valence-electron chi connectivity index (χ2n) is 4.60. The van der Waals surface area contributed by atoms with Gasteiger partial charge in [-0.3, -0.25) is 4.98 Å². The molecule has 1 unspecified atom stereocenters. The quantitative estimate of drug-likeness (QED) is 0.846. The molecule has 1 heterocycles. The van der Waals surface area contributed by atoms with E-state index in [1.807, 2.05) is 0 Å². The lowest BCUT2D eigenvalue weighted by molar-refractivity contribution is 0.522. The highest BCUT2D eigenvalue weighted by Crippen LogP contribution is 2.30. The second-order valence-corrected chi connectivity index (χ2v) is 4.60. The van der Waals surface area contributed by atoms with Crippen molar-refractivity contribution in [1.29, 1.82) is 5.26 Å². The van der Waals surface area contributed by atoms with Crippen LogP contribution in [0.2, 0.25) is 0 Å². The normalized spacial score (nSPS) is 13.6. The summed E-state index contributed by atoms with van der Waals surface area (Å²) in [5, 5.41) is 9.36. The minimum Gasteiger partial charge on any atom is -0.265 e. The standard InChI is InChI=1S/C15H12F2N2/c1-15(10-18,9-11-4-6-19-7-5-11)13-8-12(16)2-3-14(13)17/h2-8H,9H2,1H3. The van der Waals surface area contributed by atoms with E-state index in [1.54, 1.807) is 31.5 Å². The van der Waals surface area contributed by atoms with E-state index in [1.165, 1.54) is 0 Å². The molecule has 0 saturated carbocycles. The fraction of sp³-hybridized carbons (Fsp3) is 0.200. The summed E-state index contributed by atoms with van der Waals surface area (Å²) in [6, 6.07) is 8.77. The lowest BCUT2D eigenvalue weighted by Crippen LogP contribution is -2.24. The molecule has 0 aliphatic carbocycles. The molecule has 0 aliphatic heterocycles. The average molecular weight is 258 g/mol. The molecule has 0 saturated heterocycles. The first-order chi connectivity index (χ1) is 9.05. The molecule has 0 N–H and O–H groups in total. The number of hydrogen-bond donors (Lipinski definition) is 0. The number of nitrogens with zero attached hydrogens (tertiary/aromatic N) is 2. The molecule has 0 amide bonds. The first-order valence-corrected chi connectivity index (χ1v) is 5.81. The van der Waals surface area contributed by atoms with E-state index in [2.05, 4.69) is 11.1 Å². The summed E-state index contributed by atoms with van der Waals surface area (Å²) in [7, 11) is 0. The molecule has 1 atom stereocenters. The van der Waals surface area contributed by atoms with Gasteiger partial charge in [0.15, 0.2) is 0 Å². The molecular weight excluding hydrogens is 246 g/mol. The molecule has 1 aromatic carbocycles. The topological polar surface area (TPSA) is 36.7 Å². The Morgan fingerprint density at radius 3 is 2.53 bits per heavy atom. The average Bonchev–Trinajstić information content (AvgIpc) is 2.42. The molecule has 2 rings (SSSR count). The van der Waals surface area contributed by atoms with Crippen LogP contribution in [0.3, 0.4) is 0 Å². The summed E-state index contributed by atoms with van der Waals surface area (Å²) >= 11 is 0. The first kappa shape index (κ1) is 13.2. The van der Waals surface area contributed by atoms with Crippen LogP contribution >= 0.6 is 0 Å². The maximum atomic E-state index is 13.8. The van der Waals surface area contributed by atoms with Crippen molar-refractivity contribution in [2.75, 3.05) is 0 Å². The predicted octanol–water partition coefficient (Wildman–Crippen LogP) is 3.38. The third-order valence-electron chi connectivity index (χ3n) is 3.08. The van der Waals surface area contributed by atoms with Crippen molar-refractivity contribution < 1.29 is 8.78 Å². The van der Waals surface area contributed by atoms with Crippen LogP contribution in [0.15, 0.2) is 42.7 Å². The molecule has 0 bridgehead atoms. The lowest BCUT2D eigenvalue weighted by atomic mass is 9.78. The Morgan fingerprint density at radius 2 is 1.89 bits per heavy atom. The maximum absolute atomic E-state index is 13.8. The van der Waals surface area contributed by atoms with Crippen LogP contribution in [-0.2, 0) is 11.8 Å². The molecule has 0 aliphatic rings. The van der Waals surface area contributed by atoms with Gasteiger partial charge in [-0.1, -0.05) is 0 Å². The van der Waals surface area contributed by atoms with Gasteiger partial charge in [-0.05, 0) is 49.2 Å².